The lowest BCUT2D eigenvalue weighted by atomic mass is 10.1. The summed E-state index contributed by atoms with van der Waals surface area (Å²) in [6.07, 6.45) is 1.41. The van der Waals surface area contributed by atoms with Crippen molar-refractivity contribution in [3.63, 3.8) is 0 Å². The molecular weight excluding hydrogens is 242 g/mol. The highest BCUT2D eigenvalue weighted by Gasteiger charge is 2.15. The van der Waals surface area contributed by atoms with E-state index in [9.17, 15) is 4.79 Å². The molecule has 0 aliphatic rings. The molecule has 19 heavy (non-hydrogen) atoms. The summed E-state index contributed by atoms with van der Waals surface area (Å²) in [6.45, 7) is 3.64. The molecule has 0 spiro atoms. The number of nitriles is 1. The largest absolute Gasteiger partial charge is 0.306 e. The highest BCUT2D eigenvalue weighted by Crippen LogP contribution is 2.15. The van der Waals surface area contributed by atoms with Gasteiger partial charge in [-0.25, -0.2) is 0 Å². The number of nitrogens with one attached hydrogen (secondary N) is 1. The molecule has 96 valence electrons. The Morgan fingerprint density at radius 2 is 2.16 bits per heavy atom. The molecule has 0 fully saturated rings. The van der Waals surface area contributed by atoms with Gasteiger partial charge in [0, 0.05) is 12.7 Å². The Hall–Kier alpha value is -2.68. The first-order chi connectivity index (χ1) is 9.02. The van der Waals surface area contributed by atoms with E-state index in [1.165, 1.54) is 10.9 Å². The number of rotatable bonds is 2. The van der Waals surface area contributed by atoms with E-state index in [2.05, 4.69) is 15.4 Å². The fourth-order valence-corrected chi connectivity index (χ4v) is 1.77. The molecule has 2 rings (SSSR count). The molecule has 0 saturated carbocycles. The number of pyridine rings is 1. The first-order valence-electron chi connectivity index (χ1n) is 5.70. The Morgan fingerprint density at radius 1 is 1.42 bits per heavy atom. The third-order valence-corrected chi connectivity index (χ3v) is 2.76. The van der Waals surface area contributed by atoms with Crippen LogP contribution in [0.4, 0.5) is 5.82 Å². The molecule has 0 atom stereocenters. The number of carbonyl (C=O) groups is 1. The Kier molecular flexibility index (Phi) is 3.29. The molecule has 2 aromatic heterocycles. The maximum absolute atomic E-state index is 12.2. The Morgan fingerprint density at radius 3 is 2.79 bits per heavy atom. The van der Waals surface area contributed by atoms with Crippen molar-refractivity contribution < 1.29 is 4.79 Å². The van der Waals surface area contributed by atoms with Gasteiger partial charge in [0.05, 0.1) is 17.5 Å². The maximum atomic E-state index is 12.2. The zero-order valence-electron chi connectivity index (χ0n) is 10.9. The topological polar surface area (TPSA) is 83.6 Å². The SMILES string of the molecule is Cc1ccc(C(=O)Nc2c(C#N)cnn2C)c(C)n1. The fourth-order valence-electron chi connectivity index (χ4n) is 1.77. The first-order valence-corrected chi connectivity index (χ1v) is 5.70. The van der Waals surface area contributed by atoms with Crippen LogP contribution in [0.1, 0.15) is 27.3 Å². The quantitative estimate of drug-likeness (QED) is 0.882. The average molecular weight is 255 g/mol. The van der Waals surface area contributed by atoms with Crippen LogP contribution in [0.15, 0.2) is 18.3 Å². The number of aromatic nitrogens is 3. The number of hydrogen-bond donors (Lipinski definition) is 1. The van der Waals surface area contributed by atoms with Crippen LogP contribution in [-0.2, 0) is 7.05 Å². The van der Waals surface area contributed by atoms with E-state index in [4.69, 9.17) is 5.26 Å². The van der Waals surface area contributed by atoms with Crippen molar-refractivity contribution in [1.82, 2.24) is 14.8 Å². The van der Waals surface area contributed by atoms with Crippen molar-refractivity contribution in [2.24, 2.45) is 7.05 Å². The van der Waals surface area contributed by atoms with Gasteiger partial charge in [0.15, 0.2) is 0 Å². The van der Waals surface area contributed by atoms with E-state index >= 15 is 0 Å². The highest BCUT2D eigenvalue weighted by atomic mass is 16.1. The van der Waals surface area contributed by atoms with Crippen LogP contribution in [0.3, 0.4) is 0 Å². The molecule has 0 aliphatic heterocycles. The monoisotopic (exact) mass is 255 g/mol. The van der Waals surface area contributed by atoms with Crippen LogP contribution in [0.5, 0.6) is 0 Å². The van der Waals surface area contributed by atoms with Crippen LogP contribution < -0.4 is 5.32 Å². The standard InChI is InChI=1S/C13H13N5O/c1-8-4-5-11(9(2)16-8)13(19)17-12-10(6-14)7-15-18(12)3/h4-5,7H,1-3H3,(H,17,19). The summed E-state index contributed by atoms with van der Waals surface area (Å²) in [5, 5.41) is 15.6. The third-order valence-electron chi connectivity index (χ3n) is 2.76. The molecule has 6 heteroatoms. The van der Waals surface area contributed by atoms with E-state index < -0.39 is 0 Å². The number of anilines is 1. The minimum Gasteiger partial charge on any atom is -0.306 e. The van der Waals surface area contributed by atoms with E-state index in [0.29, 0.717) is 22.6 Å². The predicted molar refractivity (Wildman–Crippen MR) is 69.6 cm³/mol. The van der Waals surface area contributed by atoms with Gasteiger partial charge in [-0.2, -0.15) is 10.4 Å². The van der Waals surface area contributed by atoms with Gasteiger partial charge in [0.2, 0.25) is 0 Å². The summed E-state index contributed by atoms with van der Waals surface area (Å²) < 4.78 is 1.45. The fraction of sp³-hybridized carbons (Fsp3) is 0.231. The van der Waals surface area contributed by atoms with E-state index in [-0.39, 0.29) is 5.91 Å². The Labute approximate surface area is 110 Å². The van der Waals surface area contributed by atoms with Crippen LogP contribution >= 0.6 is 0 Å². The molecule has 0 radical (unpaired) electrons. The second-order valence-corrected chi connectivity index (χ2v) is 4.18. The second-order valence-electron chi connectivity index (χ2n) is 4.18. The van der Waals surface area contributed by atoms with Gasteiger partial charge in [0.1, 0.15) is 17.5 Å². The molecule has 0 unspecified atom stereocenters. The number of nitrogens with zero attached hydrogens (tertiary/aromatic N) is 4. The van der Waals surface area contributed by atoms with Crippen molar-refractivity contribution in [1.29, 1.82) is 5.26 Å². The third kappa shape index (κ3) is 2.45. The molecule has 0 saturated heterocycles. The summed E-state index contributed by atoms with van der Waals surface area (Å²) >= 11 is 0. The molecule has 2 aromatic rings. The summed E-state index contributed by atoms with van der Waals surface area (Å²) in [4.78, 5) is 16.4. The van der Waals surface area contributed by atoms with Gasteiger partial charge in [0.25, 0.3) is 5.91 Å². The Balaban J connectivity index is 2.31. The molecule has 0 aromatic carbocycles. The van der Waals surface area contributed by atoms with Crippen LogP contribution in [-0.4, -0.2) is 20.7 Å². The minimum atomic E-state index is -0.301. The van der Waals surface area contributed by atoms with Crippen molar-refractivity contribution in [2.45, 2.75) is 13.8 Å². The normalized spacial score (nSPS) is 10.0. The van der Waals surface area contributed by atoms with Crippen molar-refractivity contribution in [3.05, 3.63) is 40.8 Å². The summed E-state index contributed by atoms with van der Waals surface area (Å²) in [6, 6.07) is 5.48. The summed E-state index contributed by atoms with van der Waals surface area (Å²) in [7, 11) is 1.66. The van der Waals surface area contributed by atoms with Crippen LogP contribution in [0.2, 0.25) is 0 Å². The van der Waals surface area contributed by atoms with Gasteiger partial charge in [-0.05, 0) is 26.0 Å². The number of amides is 1. The van der Waals surface area contributed by atoms with Gasteiger partial charge in [-0.15, -0.1) is 0 Å². The summed E-state index contributed by atoms with van der Waals surface area (Å²) in [5.74, 6) is 0.0811. The van der Waals surface area contributed by atoms with Gasteiger partial charge < -0.3 is 5.32 Å². The van der Waals surface area contributed by atoms with Gasteiger partial charge in [-0.3, -0.25) is 14.5 Å². The zero-order valence-corrected chi connectivity index (χ0v) is 10.9. The first kappa shape index (κ1) is 12.8. The number of aryl methyl sites for hydroxylation is 3. The average Bonchev–Trinajstić information content (AvgIpc) is 2.70. The minimum absolute atomic E-state index is 0.301. The molecular formula is C13H13N5O. The lowest BCUT2D eigenvalue weighted by molar-refractivity contribution is 0.102. The maximum Gasteiger partial charge on any atom is 0.258 e. The van der Waals surface area contributed by atoms with E-state index in [0.717, 1.165) is 5.69 Å². The summed E-state index contributed by atoms with van der Waals surface area (Å²) in [5.41, 5.74) is 2.31. The molecule has 6 nitrogen and oxygen atoms in total. The van der Waals surface area contributed by atoms with Crippen molar-refractivity contribution in [2.75, 3.05) is 5.32 Å². The predicted octanol–water partition coefficient (Wildman–Crippen LogP) is 1.56. The van der Waals surface area contributed by atoms with Crippen molar-refractivity contribution >= 4 is 11.7 Å². The number of hydrogen-bond acceptors (Lipinski definition) is 4. The van der Waals surface area contributed by atoms with E-state index in [1.807, 2.05) is 13.0 Å². The Bertz CT molecular complexity index is 681. The van der Waals surface area contributed by atoms with E-state index in [1.54, 1.807) is 26.1 Å². The lowest BCUT2D eigenvalue weighted by Crippen LogP contribution is -2.17. The smallest absolute Gasteiger partial charge is 0.258 e. The lowest BCUT2D eigenvalue weighted by Gasteiger charge is -2.08. The molecule has 0 aliphatic carbocycles. The molecule has 2 heterocycles. The van der Waals surface area contributed by atoms with Crippen molar-refractivity contribution in [3.8, 4) is 6.07 Å². The van der Waals surface area contributed by atoms with Gasteiger partial charge >= 0.3 is 0 Å². The molecule has 1 amide bonds. The second kappa shape index (κ2) is 4.90. The zero-order chi connectivity index (χ0) is 14.0. The highest BCUT2D eigenvalue weighted by molar-refractivity contribution is 6.05. The molecule has 1 N–H and O–H groups in total. The number of carbonyl (C=O) groups excluding carboxylic acids is 1. The van der Waals surface area contributed by atoms with Gasteiger partial charge in [-0.1, -0.05) is 0 Å². The van der Waals surface area contributed by atoms with Crippen LogP contribution in [0, 0.1) is 25.2 Å². The van der Waals surface area contributed by atoms with Crippen LogP contribution in [0.25, 0.3) is 0 Å². The molecule has 0 bridgehead atoms.